The molecule has 0 amide bonds. The van der Waals surface area contributed by atoms with Crippen LogP contribution in [0.2, 0.25) is 0 Å². The molecule has 12 heavy (non-hydrogen) atoms. The minimum absolute atomic E-state index is 0.765. The Hall–Kier alpha value is -0.700. The third-order valence-electron chi connectivity index (χ3n) is 2.18. The summed E-state index contributed by atoms with van der Waals surface area (Å²) in [6.07, 6.45) is 4.32. The maximum atomic E-state index is 4.54. The number of thiazole rings is 1. The summed E-state index contributed by atoms with van der Waals surface area (Å²) in [5, 5.41) is 0. The first-order valence-corrected chi connectivity index (χ1v) is 5.16. The molecule has 0 saturated heterocycles. The van der Waals surface area contributed by atoms with Crippen LogP contribution in [0.4, 0.5) is 0 Å². The van der Waals surface area contributed by atoms with Crippen LogP contribution in [-0.2, 0) is 0 Å². The van der Waals surface area contributed by atoms with Crippen LogP contribution in [0.5, 0.6) is 0 Å². The highest BCUT2D eigenvalue weighted by Gasteiger charge is 2.13. The smallest absolute Gasteiger partial charge is 0.0798 e. The van der Waals surface area contributed by atoms with Gasteiger partial charge in [0.15, 0.2) is 0 Å². The van der Waals surface area contributed by atoms with Gasteiger partial charge in [-0.15, -0.1) is 11.3 Å². The minimum Gasteiger partial charge on any atom is -0.288 e. The van der Waals surface area contributed by atoms with Crippen LogP contribution >= 0.6 is 11.3 Å². The molecule has 0 aliphatic carbocycles. The largest absolute Gasteiger partial charge is 0.288 e. The van der Waals surface area contributed by atoms with Crippen LogP contribution in [0.25, 0.3) is 0 Å². The Morgan fingerprint density at radius 2 is 2.50 bits per heavy atom. The van der Waals surface area contributed by atoms with Crippen molar-refractivity contribution >= 4 is 17.0 Å². The van der Waals surface area contributed by atoms with Gasteiger partial charge in [0.05, 0.1) is 16.1 Å². The Labute approximate surface area is 76.4 Å². The molecule has 0 aromatic carbocycles. The Morgan fingerprint density at radius 1 is 1.58 bits per heavy atom. The molecule has 2 nitrogen and oxygen atoms in total. The minimum atomic E-state index is 0.765. The quantitative estimate of drug-likeness (QED) is 0.651. The highest BCUT2D eigenvalue weighted by molar-refractivity contribution is 7.11. The number of aromatic nitrogens is 1. The fourth-order valence-electron chi connectivity index (χ4n) is 1.38. The zero-order valence-electron chi connectivity index (χ0n) is 7.16. The molecule has 64 valence electrons. The molecule has 1 aliphatic rings. The normalized spacial score (nSPS) is 23.8. The van der Waals surface area contributed by atoms with Gasteiger partial charge in [-0.05, 0) is 18.8 Å². The van der Waals surface area contributed by atoms with Crippen LogP contribution in [0.3, 0.4) is 0 Å². The Morgan fingerprint density at radius 3 is 3.08 bits per heavy atom. The molecule has 0 spiro atoms. The van der Waals surface area contributed by atoms with E-state index in [2.05, 4.69) is 16.9 Å². The zero-order valence-corrected chi connectivity index (χ0v) is 7.97. The van der Waals surface area contributed by atoms with Gasteiger partial charge in [0, 0.05) is 12.7 Å². The van der Waals surface area contributed by atoms with Crippen molar-refractivity contribution in [2.75, 3.05) is 6.54 Å². The first-order chi connectivity index (χ1) is 5.86. The Kier molecular flexibility index (Phi) is 2.21. The average molecular weight is 180 g/mol. The van der Waals surface area contributed by atoms with Gasteiger partial charge in [0.25, 0.3) is 0 Å². The summed E-state index contributed by atoms with van der Waals surface area (Å²) in [7, 11) is 0. The van der Waals surface area contributed by atoms with Crippen molar-refractivity contribution in [3.63, 3.8) is 0 Å². The first kappa shape index (κ1) is 7.92. The van der Waals surface area contributed by atoms with Crippen LogP contribution < -0.4 is 0 Å². The predicted octanol–water partition coefficient (Wildman–Crippen LogP) is 2.36. The van der Waals surface area contributed by atoms with E-state index in [1.54, 1.807) is 11.3 Å². The van der Waals surface area contributed by atoms with Gasteiger partial charge in [0.1, 0.15) is 0 Å². The molecule has 1 aromatic heterocycles. The van der Waals surface area contributed by atoms with Gasteiger partial charge in [-0.25, -0.2) is 0 Å². The molecule has 1 atom stereocenters. The Balaban J connectivity index is 2.16. The monoisotopic (exact) mass is 180 g/mol. The van der Waals surface area contributed by atoms with Crippen molar-refractivity contribution in [3.05, 3.63) is 16.6 Å². The lowest BCUT2D eigenvalue weighted by molar-refractivity contribution is 0.539. The topological polar surface area (TPSA) is 25.2 Å². The predicted molar refractivity (Wildman–Crippen MR) is 51.9 cm³/mol. The van der Waals surface area contributed by atoms with Crippen LogP contribution in [0.15, 0.2) is 16.7 Å². The highest BCUT2D eigenvalue weighted by atomic mass is 32.1. The first-order valence-electron chi connectivity index (χ1n) is 4.28. The standard InChI is InChI=1S/C9H12N2S/c1-7-2-3-8(11-4-7)9-5-10-6-12-9/h5-7H,2-4H2,1H3. The van der Waals surface area contributed by atoms with Gasteiger partial charge in [-0.3, -0.25) is 9.98 Å². The summed E-state index contributed by atoms with van der Waals surface area (Å²) in [5.74, 6) is 0.765. The third kappa shape index (κ3) is 1.55. The summed E-state index contributed by atoms with van der Waals surface area (Å²) in [5.41, 5.74) is 3.13. The van der Waals surface area contributed by atoms with Crippen molar-refractivity contribution in [1.82, 2.24) is 4.98 Å². The molecule has 1 aromatic rings. The summed E-state index contributed by atoms with van der Waals surface area (Å²) in [6.45, 7) is 3.25. The highest BCUT2D eigenvalue weighted by Crippen LogP contribution is 2.19. The molecular formula is C9H12N2S. The Bertz CT molecular complexity index is 277. The number of nitrogens with zero attached hydrogens (tertiary/aromatic N) is 2. The van der Waals surface area contributed by atoms with Crippen LogP contribution in [-0.4, -0.2) is 17.2 Å². The van der Waals surface area contributed by atoms with Crippen molar-refractivity contribution in [3.8, 4) is 0 Å². The molecule has 2 heterocycles. The van der Waals surface area contributed by atoms with E-state index >= 15 is 0 Å². The van der Waals surface area contributed by atoms with Gasteiger partial charge in [-0.1, -0.05) is 6.92 Å². The third-order valence-corrected chi connectivity index (χ3v) is 3.01. The molecular weight excluding hydrogens is 168 g/mol. The lowest BCUT2D eigenvalue weighted by atomic mass is 9.99. The molecule has 0 N–H and O–H groups in total. The molecule has 0 bridgehead atoms. The molecule has 1 unspecified atom stereocenters. The van der Waals surface area contributed by atoms with Gasteiger partial charge < -0.3 is 0 Å². The fraction of sp³-hybridized carbons (Fsp3) is 0.556. The second kappa shape index (κ2) is 3.35. The summed E-state index contributed by atoms with van der Waals surface area (Å²) < 4.78 is 0. The number of hydrogen-bond donors (Lipinski definition) is 0. The summed E-state index contributed by atoms with van der Waals surface area (Å²) >= 11 is 1.69. The van der Waals surface area contributed by atoms with Crippen LogP contribution in [0, 0.1) is 5.92 Å². The van der Waals surface area contributed by atoms with E-state index in [-0.39, 0.29) is 0 Å². The van der Waals surface area contributed by atoms with E-state index in [0.29, 0.717) is 0 Å². The number of aliphatic imine (C=N–C) groups is 1. The lowest BCUT2D eigenvalue weighted by Crippen LogP contribution is -2.13. The van der Waals surface area contributed by atoms with Gasteiger partial charge >= 0.3 is 0 Å². The van der Waals surface area contributed by atoms with Gasteiger partial charge in [-0.2, -0.15) is 0 Å². The molecule has 1 aliphatic heterocycles. The molecule has 2 rings (SSSR count). The maximum Gasteiger partial charge on any atom is 0.0798 e. The van der Waals surface area contributed by atoms with E-state index in [1.807, 2.05) is 11.7 Å². The SMILES string of the molecule is CC1CCC(c2cncs2)=NC1. The van der Waals surface area contributed by atoms with E-state index < -0.39 is 0 Å². The molecule has 0 fully saturated rings. The lowest BCUT2D eigenvalue weighted by Gasteiger charge is -2.15. The van der Waals surface area contributed by atoms with Crippen molar-refractivity contribution in [2.24, 2.45) is 10.9 Å². The second-order valence-corrected chi connectivity index (χ2v) is 4.18. The fourth-order valence-corrected chi connectivity index (χ4v) is 2.04. The molecule has 3 heteroatoms. The maximum absolute atomic E-state index is 4.54. The van der Waals surface area contributed by atoms with Crippen LogP contribution in [0.1, 0.15) is 24.6 Å². The molecule has 0 saturated carbocycles. The zero-order chi connectivity index (χ0) is 8.39. The van der Waals surface area contributed by atoms with E-state index in [9.17, 15) is 0 Å². The van der Waals surface area contributed by atoms with E-state index in [1.165, 1.54) is 17.0 Å². The van der Waals surface area contributed by atoms with E-state index in [0.717, 1.165) is 18.9 Å². The number of rotatable bonds is 1. The summed E-state index contributed by atoms with van der Waals surface area (Å²) in [4.78, 5) is 9.85. The summed E-state index contributed by atoms with van der Waals surface area (Å²) in [6, 6.07) is 0. The molecule has 0 radical (unpaired) electrons. The van der Waals surface area contributed by atoms with Crippen molar-refractivity contribution in [2.45, 2.75) is 19.8 Å². The van der Waals surface area contributed by atoms with Gasteiger partial charge in [0.2, 0.25) is 0 Å². The van der Waals surface area contributed by atoms with E-state index in [4.69, 9.17) is 0 Å². The van der Waals surface area contributed by atoms with Crippen molar-refractivity contribution in [1.29, 1.82) is 0 Å². The second-order valence-electron chi connectivity index (χ2n) is 3.30. The number of hydrogen-bond acceptors (Lipinski definition) is 3. The van der Waals surface area contributed by atoms with Crippen molar-refractivity contribution < 1.29 is 0 Å². The average Bonchev–Trinajstić information content (AvgIpc) is 2.58.